The molecule has 0 bridgehead atoms. The van der Waals surface area contributed by atoms with Gasteiger partial charge in [-0.25, -0.2) is 0 Å². The summed E-state index contributed by atoms with van der Waals surface area (Å²) in [5.41, 5.74) is 1.32. The Morgan fingerprint density at radius 1 is 1.14 bits per heavy atom. The van der Waals surface area contributed by atoms with Crippen LogP contribution in [-0.2, 0) is 4.43 Å². The molecule has 1 radical (unpaired) electrons. The molecule has 0 aliphatic rings. The van der Waals surface area contributed by atoms with Crippen molar-refractivity contribution in [2.24, 2.45) is 0 Å². The fourth-order valence-corrected chi connectivity index (χ4v) is 3.91. The Labute approximate surface area is 91.0 Å². The van der Waals surface area contributed by atoms with Crippen molar-refractivity contribution in [1.82, 2.24) is 0 Å². The molecule has 0 heterocycles. The van der Waals surface area contributed by atoms with Gasteiger partial charge in [-0.15, -0.1) is 5.92 Å². The van der Waals surface area contributed by atoms with Crippen molar-refractivity contribution in [3.63, 3.8) is 0 Å². The summed E-state index contributed by atoms with van der Waals surface area (Å²) in [5, 5.41) is 0. The van der Waals surface area contributed by atoms with Crippen molar-refractivity contribution >= 4 is 9.04 Å². The first kappa shape index (κ1) is 13.7. The minimum atomic E-state index is -0.714. The molecule has 14 heavy (non-hydrogen) atoms. The molecular weight excluding hydrogens is 188 g/mol. The summed E-state index contributed by atoms with van der Waals surface area (Å²) in [6.07, 6.45) is 1.15. The van der Waals surface area contributed by atoms with E-state index in [9.17, 15) is 0 Å². The fourth-order valence-electron chi connectivity index (χ4n) is 1.48. The first-order chi connectivity index (χ1) is 6.52. The zero-order valence-corrected chi connectivity index (χ0v) is 11.3. The molecule has 0 N–H and O–H groups in total. The summed E-state index contributed by atoms with van der Waals surface area (Å²) in [7, 11) is -0.714. The normalized spacial score (nSPS) is 13.2. The predicted octanol–water partition coefficient (Wildman–Crippen LogP) is 3.62. The maximum Gasteiger partial charge on any atom is 0.218 e. The van der Waals surface area contributed by atoms with Crippen LogP contribution in [0.3, 0.4) is 0 Å². The Hall–Kier alpha value is -0.263. The summed E-state index contributed by atoms with van der Waals surface area (Å²) in [6, 6.07) is 0. The third-order valence-electron chi connectivity index (χ3n) is 2.09. The summed E-state index contributed by atoms with van der Waals surface area (Å²) >= 11 is 0. The minimum absolute atomic E-state index is 0.152. The van der Waals surface area contributed by atoms with Crippen molar-refractivity contribution in [3.05, 3.63) is 0 Å². The molecule has 0 saturated carbocycles. The van der Waals surface area contributed by atoms with Gasteiger partial charge in [-0.2, -0.15) is 0 Å². The van der Waals surface area contributed by atoms with Crippen LogP contribution in [0.4, 0.5) is 0 Å². The molecule has 2 heteroatoms. The Balaban J connectivity index is 4.31. The van der Waals surface area contributed by atoms with Gasteiger partial charge in [-0.05, 0) is 24.4 Å². The molecule has 1 unspecified atom stereocenters. The molecule has 0 fully saturated rings. The lowest BCUT2D eigenvalue weighted by atomic mass is 10.3. The third-order valence-corrected chi connectivity index (χ3v) is 4.93. The molecule has 0 aromatic rings. The van der Waals surface area contributed by atoms with E-state index in [0.29, 0.717) is 11.1 Å². The van der Waals surface area contributed by atoms with Crippen molar-refractivity contribution in [2.45, 2.75) is 65.1 Å². The van der Waals surface area contributed by atoms with E-state index in [1.54, 1.807) is 0 Å². The highest BCUT2D eigenvalue weighted by Crippen LogP contribution is 2.22. The van der Waals surface area contributed by atoms with E-state index >= 15 is 0 Å². The maximum absolute atomic E-state index is 6.09. The molecule has 1 nitrogen and oxygen atoms in total. The molecule has 1 atom stereocenters. The van der Waals surface area contributed by atoms with E-state index in [-0.39, 0.29) is 6.10 Å². The summed E-state index contributed by atoms with van der Waals surface area (Å²) in [6.45, 7) is 13.0. The number of hydrogen-bond acceptors (Lipinski definition) is 1. The first-order valence-corrected chi connectivity index (χ1v) is 7.04. The van der Waals surface area contributed by atoms with E-state index in [0.717, 1.165) is 6.42 Å². The molecule has 0 rings (SSSR count). The quantitative estimate of drug-likeness (QED) is 0.498. The average molecular weight is 211 g/mol. The summed E-state index contributed by atoms with van der Waals surface area (Å²) < 4.78 is 6.09. The largest absolute Gasteiger partial charge is 0.403 e. The smallest absolute Gasteiger partial charge is 0.218 e. The Kier molecular flexibility index (Phi) is 6.95. The van der Waals surface area contributed by atoms with Crippen LogP contribution in [0.5, 0.6) is 0 Å². The molecule has 0 aromatic heterocycles. The number of hydrogen-bond donors (Lipinski definition) is 0. The van der Waals surface area contributed by atoms with Crippen molar-refractivity contribution < 1.29 is 4.43 Å². The van der Waals surface area contributed by atoms with Gasteiger partial charge in [-0.3, -0.25) is 0 Å². The molecule has 0 saturated heterocycles. The van der Waals surface area contributed by atoms with Crippen LogP contribution >= 0.6 is 0 Å². The second-order valence-electron chi connectivity index (χ2n) is 4.12. The second-order valence-corrected chi connectivity index (χ2v) is 7.47. The standard InChI is InChI=1S/C12H23OSi/c1-7-9-12(8-2)13-14(10(3)4)11(5)6/h10-12H,8H2,1-6H3. The lowest BCUT2D eigenvalue weighted by Gasteiger charge is -2.25. The van der Waals surface area contributed by atoms with Crippen LogP contribution < -0.4 is 0 Å². The molecule has 0 amide bonds. The Morgan fingerprint density at radius 3 is 1.93 bits per heavy atom. The zero-order valence-electron chi connectivity index (χ0n) is 10.3. The lowest BCUT2D eigenvalue weighted by molar-refractivity contribution is 0.245. The number of rotatable bonds is 5. The SMILES string of the molecule is CC#CC(CC)O[Si](C(C)C)C(C)C. The minimum Gasteiger partial charge on any atom is -0.403 e. The average Bonchev–Trinajstić information content (AvgIpc) is 2.10. The van der Waals surface area contributed by atoms with Crippen molar-refractivity contribution in [3.8, 4) is 11.8 Å². The van der Waals surface area contributed by atoms with Crippen molar-refractivity contribution in [2.75, 3.05) is 0 Å². The van der Waals surface area contributed by atoms with Crippen LogP contribution in [0.25, 0.3) is 0 Å². The van der Waals surface area contributed by atoms with E-state index in [1.165, 1.54) is 0 Å². The summed E-state index contributed by atoms with van der Waals surface area (Å²) in [4.78, 5) is 0. The van der Waals surface area contributed by atoms with Gasteiger partial charge in [0, 0.05) is 0 Å². The highest BCUT2D eigenvalue weighted by molar-refractivity contribution is 6.55. The fraction of sp³-hybridized carbons (Fsp3) is 0.833. The topological polar surface area (TPSA) is 9.23 Å². The highest BCUT2D eigenvalue weighted by Gasteiger charge is 2.24. The molecule has 0 aliphatic carbocycles. The molecule has 0 aliphatic heterocycles. The molecular formula is C12H23OSi. The monoisotopic (exact) mass is 211 g/mol. The van der Waals surface area contributed by atoms with Gasteiger partial charge in [0.2, 0.25) is 9.04 Å². The second kappa shape index (κ2) is 7.08. The van der Waals surface area contributed by atoms with Gasteiger partial charge < -0.3 is 4.43 Å². The van der Waals surface area contributed by atoms with Crippen LogP contribution in [0.2, 0.25) is 11.1 Å². The van der Waals surface area contributed by atoms with Crippen LogP contribution in [0, 0.1) is 11.8 Å². The molecule has 0 aromatic carbocycles. The summed E-state index contributed by atoms with van der Waals surface area (Å²) in [5.74, 6) is 6.07. The van der Waals surface area contributed by atoms with Gasteiger partial charge in [0.05, 0.1) is 0 Å². The zero-order chi connectivity index (χ0) is 11.1. The highest BCUT2D eigenvalue weighted by atomic mass is 28.3. The first-order valence-electron chi connectivity index (χ1n) is 5.48. The van der Waals surface area contributed by atoms with Crippen LogP contribution in [0.15, 0.2) is 0 Å². The molecule has 81 valence electrons. The maximum atomic E-state index is 6.09. The Bertz CT molecular complexity index is 192. The van der Waals surface area contributed by atoms with Crippen molar-refractivity contribution in [1.29, 1.82) is 0 Å². The van der Waals surface area contributed by atoms with E-state index in [2.05, 4.69) is 46.5 Å². The van der Waals surface area contributed by atoms with Gasteiger partial charge in [-0.1, -0.05) is 40.5 Å². The van der Waals surface area contributed by atoms with Crippen LogP contribution in [-0.4, -0.2) is 15.1 Å². The van der Waals surface area contributed by atoms with E-state index < -0.39 is 9.04 Å². The molecule has 0 spiro atoms. The Morgan fingerprint density at radius 2 is 1.64 bits per heavy atom. The lowest BCUT2D eigenvalue weighted by Crippen LogP contribution is -2.30. The predicted molar refractivity (Wildman–Crippen MR) is 64.6 cm³/mol. The van der Waals surface area contributed by atoms with Gasteiger partial charge in [0.25, 0.3) is 0 Å². The van der Waals surface area contributed by atoms with Crippen LogP contribution in [0.1, 0.15) is 48.0 Å². The van der Waals surface area contributed by atoms with E-state index in [4.69, 9.17) is 4.43 Å². The third kappa shape index (κ3) is 4.83. The van der Waals surface area contributed by atoms with Gasteiger partial charge in [0.1, 0.15) is 6.10 Å². The van der Waals surface area contributed by atoms with Gasteiger partial charge >= 0.3 is 0 Å². The van der Waals surface area contributed by atoms with E-state index in [1.807, 2.05) is 6.92 Å². The van der Waals surface area contributed by atoms with Gasteiger partial charge in [0.15, 0.2) is 0 Å².